The van der Waals surface area contributed by atoms with Gasteiger partial charge >= 0.3 is 0 Å². The summed E-state index contributed by atoms with van der Waals surface area (Å²) in [6, 6.07) is 6.78. The minimum Gasteiger partial charge on any atom is -0.488 e. The fraction of sp³-hybridized carbons (Fsp3) is 0.700. The molecule has 0 aromatic heterocycles. The van der Waals surface area contributed by atoms with Gasteiger partial charge < -0.3 is 4.74 Å². The molecule has 21 heavy (non-hydrogen) atoms. The topological polar surface area (TPSA) is 9.23 Å². The monoisotopic (exact) mass is 290 g/mol. The molecule has 0 aliphatic carbocycles. The lowest BCUT2D eigenvalue weighted by Crippen LogP contribution is -2.23. The molecule has 0 saturated heterocycles. The van der Waals surface area contributed by atoms with E-state index in [1.54, 1.807) is 0 Å². The van der Waals surface area contributed by atoms with Gasteiger partial charge in [0.2, 0.25) is 0 Å². The molecule has 0 radical (unpaired) electrons. The molecule has 1 aromatic rings. The summed E-state index contributed by atoms with van der Waals surface area (Å²) in [6.45, 7) is 20.0. The van der Waals surface area contributed by atoms with Crippen LogP contribution in [0.2, 0.25) is 0 Å². The minimum absolute atomic E-state index is 0.153. The van der Waals surface area contributed by atoms with Gasteiger partial charge in [-0.1, -0.05) is 47.6 Å². The van der Waals surface area contributed by atoms with E-state index in [0.717, 1.165) is 18.6 Å². The third-order valence-corrected chi connectivity index (χ3v) is 2.92. The number of hydrogen-bond donors (Lipinski definition) is 0. The highest BCUT2D eigenvalue weighted by Gasteiger charge is 2.18. The first-order chi connectivity index (χ1) is 9.23. The Labute approximate surface area is 132 Å². The Morgan fingerprint density at radius 1 is 0.667 bits per heavy atom. The van der Waals surface area contributed by atoms with Crippen LogP contribution >= 0.6 is 0 Å². The standard InChI is InChI=1S/C20H34O/c1-18(2,3)13-15-10-16(14-19(4,5)6)12-17(11-15)21-20(7,8)9/h10-12H,13-14H2,1-9H3. The van der Waals surface area contributed by atoms with E-state index >= 15 is 0 Å². The van der Waals surface area contributed by atoms with Crippen LogP contribution in [0.15, 0.2) is 18.2 Å². The van der Waals surface area contributed by atoms with Gasteiger partial charge in [-0.3, -0.25) is 0 Å². The summed E-state index contributed by atoms with van der Waals surface area (Å²) in [6.07, 6.45) is 2.15. The van der Waals surface area contributed by atoms with Crippen LogP contribution in [0, 0.1) is 10.8 Å². The van der Waals surface area contributed by atoms with Gasteiger partial charge in [0.15, 0.2) is 0 Å². The maximum absolute atomic E-state index is 6.11. The fourth-order valence-electron chi connectivity index (χ4n) is 2.57. The van der Waals surface area contributed by atoms with E-state index < -0.39 is 0 Å². The zero-order valence-electron chi connectivity index (χ0n) is 15.6. The molecule has 1 nitrogen and oxygen atoms in total. The predicted molar refractivity (Wildman–Crippen MR) is 93.1 cm³/mol. The van der Waals surface area contributed by atoms with Gasteiger partial charge in [-0.15, -0.1) is 0 Å². The van der Waals surface area contributed by atoms with Crippen molar-refractivity contribution in [2.75, 3.05) is 0 Å². The summed E-state index contributed by atoms with van der Waals surface area (Å²) in [5.41, 5.74) is 3.19. The number of benzene rings is 1. The van der Waals surface area contributed by atoms with Crippen molar-refractivity contribution in [3.05, 3.63) is 29.3 Å². The number of ether oxygens (including phenoxy) is 1. The van der Waals surface area contributed by atoms with Crippen LogP contribution in [0.25, 0.3) is 0 Å². The third-order valence-electron chi connectivity index (χ3n) is 2.92. The van der Waals surface area contributed by atoms with Crippen molar-refractivity contribution in [3.8, 4) is 5.75 Å². The molecule has 0 aliphatic rings. The lowest BCUT2D eigenvalue weighted by atomic mass is 9.84. The summed E-state index contributed by atoms with van der Waals surface area (Å²) in [5.74, 6) is 1.00. The van der Waals surface area contributed by atoms with Crippen molar-refractivity contribution in [2.24, 2.45) is 10.8 Å². The van der Waals surface area contributed by atoms with Crippen molar-refractivity contribution in [1.82, 2.24) is 0 Å². The van der Waals surface area contributed by atoms with Gasteiger partial charge in [0, 0.05) is 0 Å². The first-order valence-electron chi connectivity index (χ1n) is 8.05. The molecule has 0 heterocycles. The second kappa shape index (κ2) is 6.02. The van der Waals surface area contributed by atoms with Gasteiger partial charge in [0.1, 0.15) is 11.4 Å². The summed E-state index contributed by atoms with van der Waals surface area (Å²) in [7, 11) is 0. The zero-order chi connectivity index (χ0) is 16.5. The highest BCUT2D eigenvalue weighted by Crippen LogP contribution is 2.30. The molecule has 0 bridgehead atoms. The molecule has 1 aromatic carbocycles. The van der Waals surface area contributed by atoms with Crippen LogP contribution < -0.4 is 4.74 Å². The maximum Gasteiger partial charge on any atom is 0.120 e. The lowest BCUT2D eigenvalue weighted by molar-refractivity contribution is 0.130. The fourth-order valence-corrected chi connectivity index (χ4v) is 2.57. The maximum atomic E-state index is 6.11. The molecule has 1 heteroatoms. The lowest BCUT2D eigenvalue weighted by Gasteiger charge is -2.25. The molecular formula is C20H34O. The Morgan fingerprint density at radius 3 is 1.33 bits per heavy atom. The van der Waals surface area contributed by atoms with Crippen LogP contribution in [-0.4, -0.2) is 5.60 Å². The van der Waals surface area contributed by atoms with Crippen molar-refractivity contribution in [2.45, 2.75) is 80.8 Å². The summed E-state index contributed by atoms with van der Waals surface area (Å²) >= 11 is 0. The first kappa shape index (κ1) is 18.1. The SMILES string of the molecule is CC(C)(C)Cc1cc(CC(C)(C)C)cc(OC(C)(C)C)c1. The van der Waals surface area contributed by atoms with E-state index in [-0.39, 0.29) is 5.60 Å². The Balaban J connectivity index is 3.13. The van der Waals surface area contributed by atoms with Crippen LogP contribution in [0.5, 0.6) is 5.75 Å². The van der Waals surface area contributed by atoms with E-state index in [2.05, 4.69) is 80.5 Å². The van der Waals surface area contributed by atoms with Gasteiger partial charge in [0.25, 0.3) is 0 Å². The van der Waals surface area contributed by atoms with Gasteiger partial charge in [-0.05, 0) is 67.7 Å². The van der Waals surface area contributed by atoms with Crippen LogP contribution in [-0.2, 0) is 12.8 Å². The summed E-state index contributed by atoms with van der Waals surface area (Å²) < 4.78 is 6.11. The van der Waals surface area contributed by atoms with Gasteiger partial charge in [0.05, 0.1) is 0 Å². The second-order valence-electron chi connectivity index (χ2n) is 9.67. The Kier molecular flexibility index (Phi) is 5.18. The van der Waals surface area contributed by atoms with Crippen LogP contribution in [0.3, 0.4) is 0 Å². The Morgan fingerprint density at radius 2 is 1.05 bits per heavy atom. The van der Waals surface area contributed by atoms with E-state index in [1.165, 1.54) is 11.1 Å². The molecule has 120 valence electrons. The Hall–Kier alpha value is -0.980. The highest BCUT2D eigenvalue weighted by atomic mass is 16.5. The molecule has 0 amide bonds. The van der Waals surface area contributed by atoms with Gasteiger partial charge in [-0.2, -0.15) is 0 Å². The Bertz CT molecular complexity index is 380. The third kappa shape index (κ3) is 8.14. The molecule has 0 spiro atoms. The molecule has 0 saturated carbocycles. The quantitative estimate of drug-likeness (QED) is 0.659. The largest absolute Gasteiger partial charge is 0.488 e. The van der Waals surface area contributed by atoms with E-state index in [4.69, 9.17) is 4.74 Å². The normalized spacial score (nSPS) is 13.4. The number of rotatable bonds is 3. The zero-order valence-corrected chi connectivity index (χ0v) is 15.6. The van der Waals surface area contributed by atoms with E-state index in [9.17, 15) is 0 Å². The molecule has 1 rings (SSSR count). The highest BCUT2D eigenvalue weighted by molar-refractivity contribution is 5.36. The van der Waals surface area contributed by atoms with Crippen molar-refractivity contribution in [3.63, 3.8) is 0 Å². The minimum atomic E-state index is -0.153. The second-order valence-corrected chi connectivity index (χ2v) is 9.67. The number of hydrogen-bond acceptors (Lipinski definition) is 1. The van der Waals surface area contributed by atoms with Crippen molar-refractivity contribution in [1.29, 1.82) is 0 Å². The van der Waals surface area contributed by atoms with Crippen LogP contribution in [0.1, 0.15) is 73.4 Å². The van der Waals surface area contributed by atoms with Crippen molar-refractivity contribution >= 4 is 0 Å². The molecule has 0 aliphatic heterocycles. The van der Waals surface area contributed by atoms with E-state index in [1.807, 2.05) is 0 Å². The van der Waals surface area contributed by atoms with Gasteiger partial charge in [-0.25, -0.2) is 0 Å². The molecule has 0 atom stereocenters. The molecule has 0 fully saturated rings. The summed E-state index contributed by atoms with van der Waals surface area (Å²) in [4.78, 5) is 0. The molecule has 0 unspecified atom stereocenters. The average Bonchev–Trinajstić information content (AvgIpc) is 2.06. The molecular weight excluding hydrogens is 256 g/mol. The first-order valence-corrected chi connectivity index (χ1v) is 8.05. The summed E-state index contributed by atoms with van der Waals surface area (Å²) in [5, 5.41) is 0. The van der Waals surface area contributed by atoms with Crippen molar-refractivity contribution < 1.29 is 4.74 Å². The van der Waals surface area contributed by atoms with E-state index in [0.29, 0.717) is 10.8 Å². The predicted octanol–water partition coefficient (Wildman–Crippen LogP) is 6.04. The smallest absolute Gasteiger partial charge is 0.120 e. The van der Waals surface area contributed by atoms with Crippen LogP contribution in [0.4, 0.5) is 0 Å². The average molecular weight is 290 g/mol. The molecule has 0 N–H and O–H groups in total.